The summed E-state index contributed by atoms with van der Waals surface area (Å²) in [5.41, 5.74) is 1.82. The Morgan fingerprint density at radius 1 is 1.00 bits per heavy atom. The topological polar surface area (TPSA) is 157 Å². The van der Waals surface area contributed by atoms with Gasteiger partial charge in [-0.2, -0.15) is 5.10 Å². The molecule has 2 heterocycles. The first-order valence-corrected chi connectivity index (χ1v) is 15.2. The van der Waals surface area contributed by atoms with Crippen LogP contribution >= 0.6 is 11.8 Å². The van der Waals surface area contributed by atoms with Gasteiger partial charge < -0.3 is 14.5 Å². The molecule has 0 saturated carbocycles. The van der Waals surface area contributed by atoms with E-state index in [0.717, 1.165) is 17.3 Å². The van der Waals surface area contributed by atoms with E-state index in [1.165, 1.54) is 35.4 Å². The molecule has 43 heavy (non-hydrogen) atoms. The lowest BCUT2D eigenvalue weighted by atomic mass is 10.2. The molecule has 2 amide bonds. The van der Waals surface area contributed by atoms with Crippen LogP contribution in [0.15, 0.2) is 122 Å². The van der Waals surface area contributed by atoms with Crippen molar-refractivity contribution in [3.05, 3.63) is 119 Å². The van der Waals surface area contributed by atoms with E-state index in [-0.39, 0.29) is 24.0 Å². The fourth-order valence-electron chi connectivity index (χ4n) is 3.91. The number of rotatable bonds is 10. The zero-order valence-corrected chi connectivity index (χ0v) is 24.1. The Morgan fingerprint density at radius 2 is 1.74 bits per heavy atom. The van der Waals surface area contributed by atoms with Crippen LogP contribution < -0.4 is 15.2 Å². The van der Waals surface area contributed by atoms with Crippen molar-refractivity contribution in [3.8, 4) is 5.75 Å². The van der Waals surface area contributed by atoms with Crippen LogP contribution in [0.5, 0.6) is 5.75 Å². The summed E-state index contributed by atoms with van der Waals surface area (Å²) in [7, 11) is -3.84. The normalized spacial score (nSPS) is 15.5. The maximum absolute atomic E-state index is 13.5. The van der Waals surface area contributed by atoms with Crippen molar-refractivity contribution in [2.24, 2.45) is 15.3 Å². The highest BCUT2D eigenvalue weighted by atomic mass is 32.2. The highest BCUT2D eigenvalue weighted by molar-refractivity contribution is 8.18. The van der Waals surface area contributed by atoms with Gasteiger partial charge in [0.25, 0.3) is 11.8 Å². The van der Waals surface area contributed by atoms with Gasteiger partial charge in [-0.1, -0.05) is 48.5 Å². The third-order valence-corrected chi connectivity index (χ3v) is 7.89. The number of primary sulfonamides is 1. The van der Waals surface area contributed by atoms with Gasteiger partial charge in [0.05, 0.1) is 28.8 Å². The maximum Gasteiger partial charge on any atom is 0.267 e. The number of nitrogens with zero attached hydrogens (tertiary/aromatic N) is 3. The van der Waals surface area contributed by atoms with Gasteiger partial charge in [-0.3, -0.25) is 14.5 Å². The summed E-state index contributed by atoms with van der Waals surface area (Å²) in [5, 5.41) is 16.6. The van der Waals surface area contributed by atoms with Crippen LogP contribution in [0, 0.1) is 0 Å². The lowest BCUT2D eigenvalue weighted by molar-refractivity contribution is -0.122. The Morgan fingerprint density at radius 3 is 2.47 bits per heavy atom. The second-order valence-corrected chi connectivity index (χ2v) is 11.6. The summed E-state index contributed by atoms with van der Waals surface area (Å²) in [5.74, 6) is 0.218. The molecular weight excluding hydrogens is 590 g/mol. The molecule has 3 aromatic carbocycles. The number of ether oxygens (including phenoxy) is 1. The number of nitrogens with two attached hydrogens (primary N) is 1. The summed E-state index contributed by atoms with van der Waals surface area (Å²) in [6.07, 6.45) is 4.81. The number of hydrogen-bond donors (Lipinski definition) is 2. The quantitative estimate of drug-likeness (QED) is 0.152. The summed E-state index contributed by atoms with van der Waals surface area (Å²) in [6.45, 7) is -0.157. The SMILES string of the molecule is NS(=O)(=O)c1ccc(NC(=O)COc2ccccc2/C=C2\S/C(=N\N=C\c3ccccc3)N(Cc3ccco3)C2=O)cc1. The fraction of sp³-hybridized carbons (Fsp3) is 0.0667. The van der Waals surface area contributed by atoms with Gasteiger partial charge in [-0.15, -0.1) is 5.10 Å². The van der Waals surface area contributed by atoms with Crippen molar-refractivity contribution in [1.29, 1.82) is 0 Å². The minimum atomic E-state index is -3.84. The Labute approximate surface area is 251 Å². The van der Waals surface area contributed by atoms with Gasteiger partial charge in [0, 0.05) is 11.3 Å². The fourth-order valence-corrected chi connectivity index (χ4v) is 5.35. The Kier molecular flexibility index (Phi) is 9.15. The van der Waals surface area contributed by atoms with E-state index in [1.54, 1.807) is 48.7 Å². The van der Waals surface area contributed by atoms with E-state index < -0.39 is 15.9 Å². The molecule has 4 aromatic rings. The molecule has 0 aliphatic carbocycles. The van der Waals surface area contributed by atoms with E-state index >= 15 is 0 Å². The van der Waals surface area contributed by atoms with Crippen molar-refractivity contribution < 1.29 is 27.2 Å². The summed E-state index contributed by atoms with van der Waals surface area (Å²) in [4.78, 5) is 27.8. The maximum atomic E-state index is 13.5. The van der Waals surface area contributed by atoms with E-state index in [4.69, 9.17) is 14.3 Å². The predicted octanol–water partition coefficient (Wildman–Crippen LogP) is 4.45. The highest BCUT2D eigenvalue weighted by Gasteiger charge is 2.34. The zero-order chi connectivity index (χ0) is 30.2. The average molecular weight is 616 g/mol. The smallest absolute Gasteiger partial charge is 0.267 e. The second kappa shape index (κ2) is 13.3. The molecule has 0 radical (unpaired) electrons. The second-order valence-electron chi connectivity index (χ2n) is 9.06. The van der Waals surface area contributed by atoms with Crippen LogP contribution in [0.1, 0.15) is 16.9 Å². The van der Waals surface area contributed by atoms with Crippen LogP contribution in [0.2, 0.25) is 0 Å². The molecule has 11 nitrogen and oxygen atoms in total. The first-order valence-electron chi connectivity index (χ1n) is 12.8. The monoisotopic (exact) mass is 615 g/mol. The lowest BCUT2D eigenvalue weighted by Gasteiger charge is -2.12. The molecule has 13 heteroatoms. The number of carbonyl (C=O) groups excluding carboxylic acids is 2. The lowest BCUT2D eigenvalue weighted by Crippen LogP contribution is -2.28. The summed E-state index contributed by atoms with van der Waals surface area (Å²) < 4.78 is 34.1. The molecule has 1 aliphatic rings. The zero-order valence-electron chi connectivity index (χ0n) is 22.5. The summed E-state index contributed by atoms with van der Waals surface area (Å²) in [6, 6.07) is 25.4. The third-order valence-electron chi connectivity index (χ3n) is 5.96. The molecule has 1 saturated heterocycles. The van der Waals surface area contributed by atoms with Gasteiger partial charge in [-0.05, 0) is 65.9 Å². The van der Waals surface area contributed by atoms with Gasteiger partial charge in [0.15, 0.2) is 11.8 Å². The van der Waals surface area contributed by atoms with Gasteiger partial charge in [-0.25, -0.2) is 13.6 Å². The number of furan rings is 1. The molecule has 5 rings (SSSR count). The first-order chi connectivity index (χ1) is 20.8. The number of hydrogen-bond acceptors (Lipinski definition) is 9. The van der Waals surface area contributed by atoms with Crippen LogP contribution in [-0.2, 0) is 26.2 Å². The van der Waals surface area contributed by atoms with E-state index in [2.05, 4.69) is 15.5 Å². The molecule has 1 fully saturated rings. The van der Waals surface area contributed by atoms with E-state index in [0.29, 0.717) is 32.8 Å². The Bertz CT molecular complexity index is 1800. The van der Waals surface area contributed by atoms with Crippen molar-refractivity contribution in [2.75, 3.05) is 11.9 Å². The van der Waals surface area contributed by atoms with Crippen LogP contribution in [0.25, 0.3) is 6.08 Å². The van der Waals surface area contributed by atoms with Crippen molar-refractivity contribution in [2.45, 2.75) is 11.4 Å². The number of amides is 2. The number of para-hydroxylation sites is 1. The van der Waals surface area contributed by atoms with E-state index in [9.17, 15) is 18.0 Å². The third kappa shape index (κ3) is 7.86. The molecule has 0 unspecified atom stereocenters. The van der Waals surface area contributed by atoms with Crippen LogP contribution in [0.3, 0.4) is 0 Å². The Hall–Kier alpha value is -4.98. The van der Waals surface area contributed by atoms with Gasteiger partial charge in [0.2, 0.25) is 10.0 Å². The van der Waals surface area contributed by atoms with Crippen LogP contribution in [0.4, 0.5) is 5.69 Å². The molecule has 0 atom stereocenters. The summed E-state index contributed by atoms with van der Waals surface area (Å²) >= 11 is 1.16. The highest BCUT2D eigenvalue weighted by Crippen LogP contribution is 2.35. The molecule has 1 aliphatic heterocycles. The van der Waals surface area contributed by atoms with Crippen LogP contribution in [-0.4, -0.2) is 43.1 Å². The average Bonchev–Trinajstić information content (AvgIpc) is 3.61. The number of sulfonamides is 1. The van der Waals surface area contributed by atoms with Crippen molar-refractivity contribution >= 4 is 56.7 Å². The number of anilines is 1. The minimum Gasteiger partial charge on any atom is -0.483 e. The van der Waals surface area contributed by atoms with Gasteiger partial charge >= 0.3 is 0 Å². The number of carbonyl (C=O) groups is 2. The number of nitrogens with one attached hydrogen (secondary N) is 1. The van der Waals surface area contributed by atoms with Gasteiger partial charge in [0.1, 0.15) is 11.5 Å². The molecule has 218 valence electrons. The van der Waals surface area contributed by atoms with E-state index in [1.807, 2.05) is 30.3 Å². The Balaban J connectivity index is 1.31. The molecule has 0 bridgehead atoms. The number of benzene rings is 3. The number of thioether (sulfide) groups is 1. The largest absolute Gasteiger partial charge is 0.483 e. The molecule has 3 N–H and O–H groups in total. The van der Waals surface area contributed by atoms with Crippen molar-refractivity contribution in [3.63, 3.8) is 0 Å². The number of amidine groups is 1. The first kappa shape index (κ1) is 29.5. The van der Waals surface area contributed by atoms with Crippen molar-refractivity contribution in [1.82, 2.24) is 4.90 Å². The predicted molar refractivity (Wildman–Crippen MR) is 165 cm³/mol. The minimum absolute atomic E-state index is 0.0676. The molecular formula is C30H25N5O6S2. The molecule has 1 aromatic heterocycles. The molecule has 0 spiro atoms. The standard InChI is InChI=1S/C30H25N5O6S2/c31-43(38,39)25-14-12-23(13-15-25)33-28(36)20-41-26-11-5-4-9-22(26)17-27-29(37)35(19-24-10-6-16-40-24)30(42-27)34-32-18-21-7-2-1-3-8-21/h1-18H,19-20H2,(H,33,36)(H2,31,38,39)/b27-17-,32-18+,34-30-.